The monoisotopic (exact) mass is 502 g/mol. The average Bonchev–Trinajstić information content (AvgIpc) is 2.87. The van der Waals surface area contributed by atoms with Crippen LogP contribution in [-0.4, -0.2) is 61.8 Å². The van der Waals surface area contributed by atoms with Gasteiger partial charge >= 0.3 is 5.97 Å². The predicted octanol–water partition coefficient (Wildman–Crippen LogP) is 4.64. The number of hydrogen-bond donors (Lipinski definition) is 1. The second kappa shape index (κ2) is 12.9. The minimum absolute atomic E-state index is 0.0209. The molecule has 1 heterocycles. The molecule has 3 rings (SSSR count). The Kier molecular flexibility index (Phi) is 9.95. The van der Waals surface area contributed by atoms with E-state index in [1.807, 2.05) is 31.2 Å². The van der Waals surface area contributed by atoms with Crippen molar-refractivity contribution in [2.75, 3.05) is 39.5 Å². The van der Waals surface area contributed by atoms with Gasteiger partial charge in [0.25, 0.3) is 0 Å². The molecule has 0 spiro atoms. The van der Waals surface area contributed by atoms with E-state index in [9.17, 15) is 9.59 Å². The van der Waals surface area contributed by atoms with Crippen LogP contribution in [0.5, 0.6) is 5.75 Å². The summed E-state index contributed by atoms with van der Waals surface area (Å²) in [7, 11) is 0. The van der Waals surface area contributed by atoms with Crippen molar-refractivity contribution >= 4 is 23.5 Å². The predicted molar refractivity (Wildman–Crippen MR) is 136 cm³/mol. The second-order valence-corrected chi connectivity index (χ2v) is 9.00. The van der Waals surface area contributed by atoms with Crippen molar-refractivity contribution in [3.63, 3.8) is 0 Å². The number of ether oxygens (including phenoxy) is 3. The molecule has 1 fully saturated rings. The Morgan fingerprint density at radius 3 is 2.49 bits per heavy atom. The number of nitrogens with one attached hydrogen (secondary N) is 1. The van der Waals surface area contributed by atoms with E-state index in [2.05, 4.69) is 17.1 Å². The number of rotatable bonds is 11. The Labute approximate surface area is 212 Å². The Morgan fingerprint density at radius 2 is 1.86 bits per heavy atom. The molecule has 1 amide bonds. The molecular weight excluding hydrogens is 468 g/mol. The Hall–Kier alpha value is -2.61. The maximum atomic E-state index is 13.7. The molecule has 2 aromatic rings. The van der Waals surface area contributed by atoms with Gasteiger partial charge in [0.1, 0.15) is 17.9 Å². The molecule has 7 nitrogen and oxygen atoms in total. The highest BCUT2D eigenvalue weighted by molar-refractivity contribution is 6.30. The summed E-state index contributed by atoms with van der Waals surface area (Å²) in [5.41, 5.74) is 0.733. The molecule has 1 aliphatic rings. The van der Waals surface area contributed by atoms with Crippen LogP contribution in [0.2, 0.25) is 5.02 Å². The summed E-state index contributed by atoms with van der Waals surface area (Å²) in [6.45, 7) is 8.91. The van der Waals surface area contributed by atoms with E-state index in [0.29, 0.717) is 68.7 Å². The number of nitrogens with zero attached hydrogens (tertiary/aromatic N) is 1. The minimum atomic E-state index is -0.677. The van der Waals surface area contributed by atoms with Crippen molar-refractivity contribution in [2.45, 2.75) is 45.2 Å². The van der Waals surface area contributed by atoms with Gasteiger partial charge in [-0.25, -0.2) is 4.79 Å². The number of carbonyl (C=O) groups excluding carboxylic acids is 2. The second-order valence-electron chi connectivity index (χ2n) is 8.57. The van der Waals surface area contributed by atoms with E-state index in [1.54, 1.807) is 31.2 Å². The minimum Gasteiger partial charge on any atom is -0.492 e. The molecule has 35 heavy (non-hydrogen) atoms. The maximum absolute atomic E-state index is 13.7. The lowest BCUT2D eigenvalue weighted by Crippen LogP contribution is -2.62. The van der Waals surface area contributed by atoms with Gasteiger partial charge in [-0.1, -0.05) is 36.7 Å². The zero-order valence-corrected chi connectivity index (χ0v) is 21.5. The fraction of sp³-hybridized carbons (Fsp3) is 0.481. The molecule has 0 saturated carbocycles. The van der Waals surface area contributed by atoms with E-state index in [0.717, 1.165) is 5.56 Å². The Balaban J connectivity index is 1.68. The third kappa shape index (κ3) is 6.97. The quantitative estimate of drug-likeness (QED) is 0.451. The molecule has 190 valence electrons. The molecule has 0 radical (unpaired) electrons. The van der Waals surface area contributed by atoms with E-state index >= 15 is 0 Å². The average molecular weight is 503 g/mol. The third-order valence-electron chi connectivity index (χ3n) is 6.43. The molecule has 1 atom stereocenters. The summed E-state index contributed by atoms with van der Waals surface area (Å²) >= 11 is 6.06. The summed E-state index contributed by atoms with van der Waals surface area (Å²) < 4.78 is 16.6. The first-order valence-electron chi connectivity index (χ1n) is 12.2. The molecule has 0 aromatic heterocycles. The number of amides is 1. The van der Waals surface area contributed by atoms with Gasteiger partial charge in [-0.3, -0.25) is 9.69 Å². The lowest BCUT2D eigenvalue weighted by atomic mass is 9.86. The standard InChI is InChI=1S/C27H35ClN2O5/c1-4-30(15-18-35-24-8-6-7-23(28)19-24)27(13-16-33-17-14-27)26(32)29-20(3)21-9-11-22(12-10-21)25(31)34-5-2/h6-12,19-20H,4-5,13-18H2,1-3H3,(H,29,32)/t20-/m0/s1. The fourth-order valence-electron chi connectivity index (χ4n) is 4.44. The van der Waals surface area contributed by atoms with Crippen LogP contribution in [0.3, 0.4) is 0 Å². The normalized spacial score (nSPS) is 15.9. The highest BCUT2D eigenvalue weighted by Crippen LogP contribution is 2.30. The number of esters is 1. The molecule has 0 unspecified atom stereocenters. The highest BCUT2D eigenvalue weighted by atomic mass is 35.5. The lowest BCUT2D eigenvalue weighted by Gasteiger charge is -2.45. The van der Waals surface area contributed by atoms with Crippen molar-refractivity contribution in [1.29, 1.82) is 0 Å². The van der Waals surface area contributed by atoms with Gasteiger partial charge in [0, 0.05) is 24.8 Å². The molecule has 0 aliphatic carbocycles. The third-order valence-corrected chi connectivity index (χ3v) is 6.66. The number of carbonyl (C=O) groups is 2. The van der Waals surface area contributed by atoms with Crippen LogP contribution in [-0.2, 0) is 14.3 Å². The Morgan fingerprint density at radius 1 is 1.14 bits per heavy atom. The lowest BCUT2D eigenvalue weighted by molar-refractivity contribution is -0.141. The van der Waals surface area contributed by atoms with Crippen LogP contribution in [0.25, 0.3) is 0 Å². The van der Waals surface area contributed by atoms with Crippen molar-refractivity contribution < 1.29 is 23.8 Å². The van der Waals surface area contributed by atoms with Crippen molar-refractivity contribution in [2.24, 2.45) is 0 Å². The summed E-state index contributed by atoms with van der Waals surface area (Å²) in [6.07, 6.45) is 1.22. The van der Waals surface area contributed by atoms with Crippen molar-refractivity contribution in [3.05, 3.63) is 64.7 Å². The maximum Gasteiger partial charge on any atom is 0.338 e. The van der Waals surface area contributed by atoms with Gasteiger partial charge in [-0.15, -0.1) is 0 Å². The number of likely N-dealkylation sites (N-methyl/N-ethyl adjacent to an activating group) is 1. The van der Waals surface area contributed by atoms with Gasteiger partial charge < -0.3 is 19.5 Å². The van der Waals surface area contributed by atoms with Crippen LogP contribution in [0.15, 0.2) is 48.5 Å². The van der Waals surface area contributed by atoms with Crippen LogP contribution in [0.1, 0.15) is 55.6 Å². The van der Waals surface area contributed by atoms with E-state index in [-0.39, 0.29) is 17.9 Å². The molecule has 0 bridgehead atoms. The van der Waals surface area contributed by atoms with Crippen LogP contribution >= 0.6 is 11.6 Å². The number of halogens is 1. The van der Waals surface area contributed by atoms with Crippen molar-refractivity contribution in [3.8, 4) is 5.75 Å². The van der Waals surface area contributed by atoms with Crippen LogP contribution in [0.4, 0.5) is 0 Å². The van der Waals surface area contributed by atoms with E-state index in [4.69, 9.17) is 25.8 Å². The molecule has 2 aromatic carbocycles. The summed E-state index contributed by atoms with van der Waals surface area (Å²) in [5, 5.41) is 3.82. The summed E-state index contributed by atoms with van der Waals surface area (Å²) in [6, 6.07) is 14.2. The van der Waals surface area contributed by atoms with E-state index in [1.165, 1.54) is 0 Å². The van der Waals surface area contributed by atoms with Crippen molar-refractivity contribution in [1.82, 2.24) is 10.2 Å². The van der Waals surface area contributed by atoms with Gasteiger partial charge in [-0.2, -0.15) is 0 Å². The smallest absolute Gasteiger partial charge is 0.338 e. The zero-order chi connectivity index (χ0) is 25.3. The first-order chi connectivity index (χ1) is 16.9. The molecule has 1 N–H and O–H groups in total. The largest absolute Gasteiger partial charge is 0.492 e. The first kappa shape index (κ1) is 27.0. The molecule has 1 aliphatic heterocycles. The molecule has 1 saturated heterocycles. The SMILES string of the molecule is CCOC(=O)c1ccc([C@H](C)NC(=O)C2(N(CC)CCOc3cccc(Cl)c3)CCOCC2)cc1. The van der Waals surface area contributed by atoms with Gasteiger partial charge in [0.2, 0.25) is 5.91 Å². The van der Waals surface area contributed by atoms with Gasteiger partial charge in [0.15, 0.2) is 0 Å². The number of hydrogen-bond acceptors (Lipinski definition) is 6. The van der Waals surface area contributed by atoms with Gasteiger partial charge in [-0.05, 0) is 69.1 Å². The highest BCUT2D eigenvalue weighted by Gasteiger charge is 2.45. The summed E-state index contributed by atoms with van der Waals surface area (Å²) in [4.78, 5) is 27.8. The molecular formula is C27H35ClN2O5. The van der Waals surface area contributed by atoms with E-state index < -0.39 is 5.54 Å². The molecule has 8 heteroatoms. The topological polar surface area (TPSA) is 77.1 Å². The zero-order valence-electron chi connectivity index (χ0n) is 20.7. The van der Waals surface area contributed by atoms with Crippen LogP contribution in [0, 0.1) is 0 Å². The Bertz CT molecular complexity index is 976. The van der Waals surface area contributed by atoms with Gasteiger partial charge in [0.05, 0.1) is 18.2 Å². The van der Waals surface area contributed by atoms with Crippen LogP contribution < -0.4 is 10.1 Å². The number of benzene rings is 2. The summed E-state index contributed by atoms with van der Waals surface area (Å²) in [5.74, 6) is 0.335. The fourth-order valence-corrected chi connectivity index (χ4v) is 4.62. The first-order valence-corrected chi connectivity index (χ1v) is 12.6.